The molecule has 152 valence electrons. The van der Waals surface area contributed by atoms with Crippen LogP contribution in [0.5, 0.6) is 0 Å². The fraction of sp³-hybridized carbons (Fsp3) is 0.364. The van der Waals surface area contributed by atoms with Crippen molar-refractivity contribution in [1.82, 2.24) is 10.2 Å². The number of rotatable bonds is 3. The average molecular weight is 428 g/mol. The van der Waals surface area contributed by atoms with Gasteiger partial charge in [0.15, 0.2) is 5.11 Å². The summed E-state index contributed by atoms with van der Waals surface area (Å²) in [6, 6.07) is 8.15. The molecule has 0 radical (unpaired) electrons. The van der Waals surface area contributed by atoms with Crippen molar-refractivity contribution in [2.75, 3.05) is 31.2 Å². The molecular formula is C22H25N3O2S2. The molecule has 1 saturated heterocycles. The summed E-state index contributed by atoms with van der Waals surface area (Å²) in [5, 5.41) is 8.15. The summed E-state index contributed by atoms with van der Waals surface area (Å²) in [4.78, 5) is 17.5. The van der Waals surface area contributed by atoms with Crippen LogP contribution in [0.3, 0.4) is 0 Å². The van der Waals surface area contributed by atoms with E-state index in [1.165, 1.54) is 0 Å². The number of anilines is 1. The number of hydrogen-bond acceptors (Lipinski definition) is 4. The number of carbonyl (C=O) groups is 1. The number of morpholine rings is 1. The minimum absolute atomic E-state index is 0.0476. The lowest BCUT2D eigenvalue weighted by molar-refractivity contribution is -0.131. The number of amides is 1. The van der Waals surface area contributed by atoms with Crippen molar-refractivity contribution in [3.05, 3.63) is 63.0 Å². The third kappa shape index (κ3) is 3.95. The van der Waals surface area contributed by atoms with Crippen molar-refractivity contribution >= 4 is 40.3 Å². The van der Waals surface area contributed by atoms with Crippen LogP contribution in [-0.4, -0.2) is 42.2 Å². The van der Waals surface area contributed by atoms with Crippen molar-refractivity contribution in [2.24, 2.45) is 0 Å². The highest BCUT2D eigenvalue weighted by Gasteiger charge is 2.37. The van der Waals surface area contributed by atoms with E-state index >= 15 is 0 Å². The lowest BCUT2D eigenvalue weighted by atomic mass is 9.95. The zero-order chi connectivity index (χ0) is 20.5. The molecule has 2 aliphatic heterocycles. The van der Waals surface area contributed by atoms with Gasteiger partial charge in [0.05, 0.1) is 24.8 Å². The average Bonchev–Trinajstić information content (AvgIpc) is 3.22. The molecule has 0 saturated carbocycles. The van der Waals surface area contributed by atoms with Crippen LogP contribution in [0.25, 0.3) is 0 Å². The molecule has 2 aromatic rings. The van der Waals surface area contributed by atoms with E-state index in [1.807, 2.05) is 22.1 Å². The van der Waals surface area contributed by atoms with Gasteiger partial charge in [0.2, 0.25) is 0 Å². The molecule has 7 heteroatoms. The number of aryl methyl sites for hydroxylation is 2. The Morgan fingerprint density at radius 2 is 1.86 bits per heavy atom. The first kappa shape index (κ1) is 20.1. The molecule has 1 atom stereocenters. The van der Waals surface area contributed by atoms with E-state index in [2.05, 4.69) is 48.8 Å². The zero-order valence-electron chi connectivity index (χ0n) is 16.9. The molecule has 3 heterocycles. The highest BCUT2D eigenvalue weighted by molar-refractivity contribution is 7.80. The maximum Gasteiger partial charge on any atom is 0.254 e. The Hall–Kier alpha value is -2.22. The summed E-state index contributed by atoms with van der Waals surface area (Å²) < 4.78 is 5.44. The lowest BCUT2D eigenvalue weighted by Gasteiger charge is -2.39. The van der Waals surface area contributed by atoms with Gasteiger partial charge in [-0.1, -0.05) is 6.07 Å². The standard InChI is InChI=1S/C22H25N3O2S2/c1-14-10-15(2)12-18(11-14)25-16(3)19(21(26)24-5-7-27-8-6-24)20(23-22(25)28)17-4-9-29-13-17/h4,9-13,20H,5-8H2,1-3H3,(H,23,28). The van der Waals surface area contributed by atoms with E-state index < -0.39 is 0 Å². The van der Waals surface area contributed by atoms with E-state index in [-0.39, 0.29) is 11.9 Å². The van der Waals surface area contributed by atoms with E-state index in [1.54, 1.807) is 11.3 Å². The second-order valence-electron chi connectivity index (χ2n) is 7.52. The van der Waals surface area contributed by atoms with Gasteiger partial charge < -0.3 is 15.0 Å². The van der Waals surface area contributed by atoms with Gasteiger partial charge in [-0.25, -0.2) is 0 Å². The molecule has 1 aromatic carbocycles. The third-order valence-corrected chi connectivity index (χ3v) is 6.36. The van der Waals surface area contributed by atoms with E-state index in [9.17, 15) is 4.79 Å². The van der Waals surface area contributed by atoms with E-state index in [0.29, 0.717) is 31.4 Å². The van der Waals surface area contributed by atoms with Crippen LogP contribution in [0.4, 0.5) is 5.69 Å². The van der Waals surface area contributed by atoms with Crippen LogP contribution >= 0.6 is 23.6 Å². The van der Waals surface area contributed by atoms with Gasteiger partial charge in [-0.2, -0.15) is 11.3 Å². The first-order chi connectivity index (χ1) is 14.0. The molecule has 1 aromatic heterocycles. The van der Waals surface area contributed by atoms with Crippen LogP contribution < -0.4 is 10.2 Å². The quantitative estimate of drug-likeness (QED) is 0.752. The lowest BCUT2D eigenvalue weighted by Crippen LogP contribution is -2.51. The number of benzene rings is 1. The Labute approximate surface area is 181 Å². The van der Waals surface area contributed by atoms with Gasteiger partial charge in [-0.3, -0.25) is 9.69 Å². The summed E-state index contributed by atoms with van der Waals surface area (Å²) in [5.74, 6) is 0.0476. The number of nitrogens with zero attached hydrogens (tertiary/aromatic N) is 2. The van der Waals surface area contributed by atoms with E-state index in [0.717, 1.165) is 33.6 Å². The first-order valence-corrected chi connectivity index (χ1v) is 11.1. The van der Waals surface area contributed by atoms with Crippen LogP contribution in [0, 0.1) is 13.8 Å². The smallest absolute Gasteiger partial charge is 0.254 e. The first-order valence-electron chi connectivity index (χ1n) is 9.74. The molecule has 4 rings (SSSR count). The minimum atomic E-state index is -0.244. The topological polar surface area (TPSA) is 44.8 Å². The minimum Gasteiger partial charge on any atom is -0.378 e. The highest BCUT2D eigenvalue weighted by Crippen LogP contribution is 2.36. The van der Waals surface area contributed by atoms with Crippen LogP contribution in [-0.2, 0) is 9.53 Å². The predicted molar refractivity (Wildman–Crippen MR) is 121 cm³/mol. The van der Waals surface area contributed by atoms with Crippen molar-refractivity contribution in [3.63, 3.8) is 0 Å². The molecular weight excluding hydrogens is 402 g/mol. The molecule has 1 N–H and O–H groups in total. The summed E-state index contributed by atoms with van der Waals surface area (Å²) in [6.07, 6.45) is 0. The van der Waals surface area contributed by atoms with Crippen LogP contribution in [0.1, 0.15) is 29.7 Å². The Morgan fingerprint density at radius 3 is 2.48 bits per heavy atom. The van der Waals surface area contributed by atoms with Crippen LogP contribution in [0.2, 0.25) is 0 Å². The Balaban J connectivity index is 1.82. The summed E-state index contributed by atoms with van der Waals surface area (Å²) >= 11 is 7.38. The van der Waals surface area contributed by atoms with Gasteiger partial charge in [-0.15, -0.1) is 0 Å². The number of ether oxygens (including phenoxy) is 1. The van der Waals surface area contributed by atoms with Gasteiger partial charge in [0.1, 0.15) is 0 Å². The van der Waals surface area contributed by atoms with Crippen molar-refractivity contribution in [2.45, 2.75) is 26.8 Å². The number of allylic oxidation sites excluding steroid dienone is 1. The number of thiophene rings is 1. The monoisotopic (exact) mass is 427 g/mol. The highest BCUT2D eigenvalue weighted by atomic mass is 32.1. The number of nitrogens with one attached hydrogen (secondary N) is 1. The second-order valence-corrected chi connectivity index (χ2v) is 8.69. The SMILES string of the molecule is CC1=C(C(=O)N2CCOCC2)C(c2ccsc2)NC(=S)N1c1cc(C)cc(C)c1. The fourth-order valence-corrected chi connectivity index (χ4v) is 5.08. The molecule has 0 bridgehead atoms. The maximum absolute atomic E-state index is 13.6. The fourth-order valence-electron chi connectivity index (χ4n) is 4.04. The predicted octanol–water partition coefficient (Wildman–Crippen LogP) is 3.93. The zero-order valence-corrected chi connectivity index (χ0v) is 18.5. The van der Waals surface area contributed by atoms with Crippen LogP contribution in [0.15, 0.2) is 46.3 Å². The largest absolute Gasteiger partial charge is 0.378 e. The summed E-state index contributed by atoms with van der Waals surface area (Å²) in [6.45, 7) is 8.52. The molecule has 5 nitrogen and oxygen atoms in total. The molecule has 0 aliphatic carbocycles. The Kier molecular flexibility index (Phi) is 5.72. The van der Waals surface area contributed by atoms with Gasteiger partial charge in [0.25, 0.3) is 5.91 Å². The maximum atomic E-state index is 13.6. The van der Waals surface area contributed by atoms with Crippen molar-refractivity contribution in [3.8, 4) is 0 Å². The van der Waals surface area contributed by atoms with Gasteiger partial charge >= 0.3 is 0 Å². The molecule has 0 spiro atoms. The van der Waals surface area contributed by atoms with E-state index in [4.69, 9.17) is 17.0 Å². The summed E-state index contributed by atoms with van der Waals surface area (Å²) in [5.41, 5.74) is 6.00. The Bertz CT molecular complexity index is 942. The molecule has 1 fully saturated rings. The molecule has 29 heavy (non-hydrogen) atoms. The normalized spacial score (nSPS) is 20.1. The number of hydrogen-bond donors (Lipinski definition) is 1. The van der Waals surface area contributed by atoms with Crippen molar-refractivity contribution < 1.29 is 9.53 Å². The molecule has 1 unspecified atom stereocenters. The van der Waals surface area contributed by atoms with Gasteiger partial charge in [-0.05, 0) is 78.6 Å². The second kappa shape index (κ2) is 8.26. The van der Waals surface area contributed by atoms with Crippen molar-refractivity contribution in [1.29, 1.82) is 0 Å². The summed E-state index contributed by atoms with van der Waals surface area (Å²) in [7, 11) is 0. The van der Waals surface area contributed by atoms with Gasteiger partial charge in [0, 0.05) is 24.5 Å². The Morgan fingerprint density at radius 1 is 1.17 bits per heavy atom. The molecule has 1 amide bonds. The number of thiocarbonyl (C=S) groups is 1. The number of carbonyl (C=O) groups excluding carboxylic acids is 1. The third-order valence-electron chi connectivity index (χ3n) is 5.35. The molecule has 2 aliphatic rings.